The molecule has 2 amide bonds. The number of hydrogen-bond donors (Lipinski definition) is 1. The van der Waals surface area contributed by atoms with E-state index in [1.54, 1.807) is 12.0 Å². The molecule has 0 bridgehead atoms. The monoisotopic (exact) mass is 450 g/mol. The van der Waals surface area contributed by atoms with E-state index in [4.69, 9.17) is 4.74 Å². The van der Waals surface area contributed by atoms with Crippen molar-refractivity contribution < 1.29 is 14.3 Å². The van der Waals surface area contributed by atoms with Gasteiger partial charge in [-0.05, 0) is 48.9 Å². The average Bonchev–Trinajstić information content (AvgIpc) is 3.26. The Morgan fingerprint density at radius 3 is 2.45 bits per heavy atom. The van der Waals surface area contributed by atoms with Crippen LogP contribution in [0.15, 0.2) is 48.5 Å². The van der Waals surface area contributed by atoms with Crippen molar-refractivity contribution >= 4 is 23.2 Å². The maximum Gasteiger partial charge on any atom is 0.243 e. The number of nitrogens with zero attached hydrogens (tertiary/aromatic N) is 3. The summed E-state index contributed by atoms with van der Waals surface area (Å²) in [5, 5.41) is 3.07. The van der Waals surface area contributed by atoms with Crippen molar-refractivity contribution in [3.8, 4) is 5.75 Å². The van der Waals surface area contributed by atoms with Crippen LogP contribution >= 0.6 is 0 Å². The lowest BCUT2D eigenvalue weighted by Gasteiger charge is -2.36. The number of rotatable bonds is 8. The SMILES string of the molecule is CCC(=O)N1c2ccccc2CC1C(=O)NCCCN1CCN(c2ccc(OC)cc2)CC1. The molecule has 1 saturated heterocycles. The summed E-state index contributed by atoms with van der Waals surface area (Å²) in [4.78, 5) is 32.0. The van der Waals surface area contributed by atoms with Crippen LogP contribution in [0.4, 0.5) is 11.4 Å². The molecule has 4 rings (SSSR count). The van der Waals surface area contributed by atoms with Crippen LogP contribution < -0.4 is 19.9 Å². The van der Waals surface area contributed by atoms with E-state index >= 15 is 0 Å². The topological polar surface area (TPSA) is 65.1 Å². The van der Waals surface area contributed by atoms with E-state index in [1.807, 2.05) is 43.3 Å². The average molecular weight is 451 g/mol. The van der Waals surface area contributed by atoms with Crippen molar-refractivity contribution in [3.05, 3.63) is 54.1 Å². The molecular formula is C26H34N4O3. The first kappa shape index (κ1) is 23.1. The summed E-state index contributed by atoms with van der Waals surface area (Å²) in [5.41, 5.74) is 3.17. The highest BCUT2D eigenvalue weighted by Crippen LogP contribution is 2.32. The summed E-state index contributed by atoms with van der Waals surface area (Å²) in [6.45, 7) is 7.43. The predicted octanol–water partition coefficient (Wildman–Crippen LogP) is 2.69. The highest BCUT2D eigenvalue weighted by atomic mass is 16.5. The molecule has 0 aromatic heterocycles. The highest BCUT2D eigenvalue weighted by Gasteiger charge is 2.37. The molecule has 7 heteroatoms. The summed E-state index contributed by atoms with van der Waals surface area (Å²) in [5.74, 6) is 0.815. The number of anilines is 2. The van der Waals surface area contributed by atoms with Gasteiger partial charge in [-0.25, -0.2) is 0 Å². The maximum absolute atomic E-state index is 12.9. The fourth-order valence-corrected chi connectivity index (χ4v) is 4.73. The van der Waals surface area contributed by atoms with Gasteiger partial charge in [0.2, 0.25) is 11.8 Å². The van der Waals surface area contributed by atoms with Gasteiger partial charge in [-0.15, -0.1) is 0 Å². The fourth-order valence-electron chi connectivity index (χ4n) is 4.73. The number of benzene rings is 2. The van der Waals surface area contributed by atoms with Gasteiger partial charge in [-0.1, -0.05) is 25.1 Å². The van der Waals surface area contributed by atoms with Crippen LogP contribution in [0.25, 0.3) is 0 Å². The third-order valence-electron chi connectivity index (χ3n) is 6.61. The third kappa shape index (κ3) is 5.30. The first-order chi connectivity index (χ1) is 16.1. The standard InChI is InChI=1S/C26H34N4O3/c1-3-25(31)30-23-8-5-4-7-20(23)19-24(30)26(32)27-13-6-14-28-15-17-29(18-16-28)21-9-11-22(33-2)12-10-21/h4-5,7-12,24H,3,6,13-19H2,1-2H3,(H,27,32). The van der Waals surface area contributed by atoms with Crippen molar-refractivity contribution in [1.82, 2.24) is 10.2 Å². The van der Waals surface area contributed by atoms with Crippen LogP contribution in [0.1, 0.15) is 25.3 Å². The van der Waals surface area contributed by atoms with Gasteiger partial charge < -0.3 is 15.0 Å². The van der Waals surface area contributed by atoms with Gasteiger partial charge in [0.05, 0.1) is 7.11 Å². The van der Waals surface area contributed by atoms with Crippen molar-refractivity contribution in [2.45, 2.75) is 32.2 Å². The lowest BCUT2D eigenvalue weighted by atomic mass is 10.1. The zero-order valence-electron chi connectivity index (χ0n) is 19.6. The molecule has 0 aliphatic carbocycles. The molecule has 176 valence electrons. The van der Waals surface area contributed by atoms with Gasteiger partial charge in [0.15, 0.2) is 0 Å². The number of carbonyl (C=O) groups excluding carboxylic acids is 2. The number of piperazine rings is 1. The van der Waals surface area contributed by atoms with Crippen molar-refractivity contribution in [2.24, 2.45) is 0 Å². The molecule has 1 N–H and O–H groups in total. The van der Waals surface area contributed by atoms with Crippen LogP contribution in [0.5, 0.6) is 5.75 Å². The van der Waals surface area contributed by atoms with Crippen LogP contribution in [0, 0.1) is 0 Å². The molecule has 0 spiro atoms. The highest BCUT2D eigenvalue weighted by molar-refractivity contribution is 6.03. The quantitative estimate of drug-likeness (QED) is 0.627. The Kier molecular flexibility index (Phi) is 7.50. The Hall–Kier alpha value is -3.06. The number of ether oxygens (including phenoxy) is 1. The molecule has 1 unspecified atom stereocenters. The summed E-state index contributed by atoms with van der Waals surface area (Å²) >= 11 is 0. The number of nitrogens with one attached hydrogen (secondary N) is 1. The molecule has 2 aliphatic rings. The molecule has 0 radical (unpaired) electrons. The van der Waals surface area contributed by atoms with Gasteiger partial charge >= 0.3 is 0 Å². The molecule has 2 aromatic rings. The molecule has 2 aliphatic heterocycles. The normalized spacial score (nSPS) is 18.2. The summed E-state index contributed by atoms with van der Waals surface area (Å²) in [7, 11) is 1.68. The Labute approximate surface area is 196 Å². The largest absolute Gasteiger partial charge is 0.497 e. The lowest BCUT2D eigenvalue weighted by Crippen LogP contribution is -2.49. The minimum atomic E-state index is -0.442. The molecule has 0 saturated carbocycles. The molecule has 2 heterocycles. The van der Waals surface area contributed by atoms with Crippen molar-refractivity contribution in [3.63, 3.8) is 0 Å². The second-order valence-corrected chi connectivity index (χ2v) is 8.64. The minimum Gasteiger partial charge on any atom is -0.497 e. The summed E-state index contributed by atoms with van der Waals surface area (Å²) in [6.07, 6.45) is 1.87. The second kappa shape index (κ2) is 10.7. The van der Waals surface area contributed by atoms with Gasteiger partial charge in [-0.3, -0.25) is 19.4 Å². The first-order valence-electron chi connectivity index (χ1n) is 11.9. The van der Waals surface area contributed by atoms with E-state index in [-0.39, 0.29) is 11.8 Å². The Morgan fingerprint density at radius 2 is 1.76 bits per heavy atom. The van der Waals surface area contributed by atoms with E-state index in [9.17, 15) is 9.59 Å². The summed E-state index contributed by atoms with van der Waals surface area (Å²) in [6, 6.07) is 15.6. The number of amides is 2. The number of carbonyl (C=O) groups is 2. The zero-order valence-corrected chi connectivity index (χ0v) is 19.6. The molecule has 7 nitrogen and oxygen atoms in total. The van der Waals surface area contributed by atoms with Crippen molar-refractivity contribution in [1.29, 1.82) is 0 Å². The Balaban J connectivity index is 1.20. The molecule has 33 heavy (non-hydrogen) atoms. The smallest absolute Gasteiger partial charge is 0.243 e. The number of fused-ring (bicyclic) bond motifs is 1. The maximum atomic E-state index is 12.9. The van der Waals surface area contributed by atoms with E-state index in [0.717, 1.165) is 56.1 Å². The van der Waals surface area contributed by atoms with Gasteiger partial charge in [-0.2, -0.15) is 0 Å². The minimum absolute atomic E-state index is 0.00479. The van der Waals surface area contributed by atoms with E-state index in [2.05, 4.69) is 27.2 Å². The number of methoxy groups -OCH3 is 1. The van der Waals surface area contributed by atoms with Crippen LogP contribution in [-0.2, 0) is 16.0 Å². The van der Waals surface area contributed by atoms with Gasteiger partial charge in [0, 0.05) is 56.9 Å². The summed E-state index contributed by atoms with van der Waals surface area (Å²) < 4.78 is 5.24. The fraction of sp³-hybridized carbons (Fsp3) is 0.462. The number of para-hydroxylation sites is 1. The van der Waals surface area contributed by atoms with Crippen molar-refractivity contribution in [2.75, 3.05) is 56.2 Å². The zero-order chi connectivity index (χ0) is 23.2. The molecule has 1 atom stereocenters. The van der Waals surface area contributed by atoms with Crippen LogP contribution in [0.2, 0.25) is 0 Å². The second-order valence-electron chi connectivity index (χ2n) is 8.64. The van der Waals surface area contributed by atoms with E-state index < -0.39 is 6.04 Å². The number of hydrogen-bond acceptors (Lipinski definition) is 5. The third-order valence-corrected chi connectivity index (χ3v) is 6.61. The molecular weight excluding hydrogens is 416 g/mol. The lowest BCUT2D eigenvalue weighted by molar-refractivity contribution is -0.126. The van der Waals surface area contributed by atoms with E-state index in [1.165, 1.54) is 5.69 Å². The van der Waals surface area contributed by atoms with E-state index in [0.29, 0.717) is 19.4 Å². The molecule has 1 fully saturated rings. The Morgan fingerprint density at radius 1 is 1.03 bits per heavy atom. The predicted molar refractivity (Wildman–Crippen MR) is 131 cm³/mol. The van der Waals surface area contributed by atoms with Gasteiger partial charge in [0.25, 0.3) is 0 Å². The van der Waals surface area contributed by atoms with Gasteiger partial charge in [0.1, 0.15) is 11.8 Å². The van der Waals surface area contributed by atoms with Crippen LogP contribution in [0.3, 0.4) is 0 Å². The molecule has 2 aromatic carbocycles. The first-order valence-corrected chi connectivity index (χ1v) is 11.9. The van der Waals surface area contributed by atoms with Crippen LogP contribution in [-0.4, -0.2) is 69.1 Å². The Bertz CT molecular complexity index is 954.